The normalized spacial score (nSPS) is 14.3. The third kappa shape index (κ3) is 6.22. The fourth-order valence-corrected chi connectivity index (χ4v) is 1.76. The minimum Gasteiger partial charge on any atom is -0.481 e. The van der Waals surface area contributed by atoms with Gasteiger partial charge in [-0.1, -0.05) is 0 Å². The first-order valence-corrected chi connectivity index (χ1v) is 6.72. The minimum absolute atomic E-state index is 0.0485. The van der Waals surface area contributed by atoms with Gasteiger partial charge in [-0.25, -0.2) is 4.79 Å². The van der Waals surface area contributed by atoms with Gasteiger partial charge in [-0.2, -0.15) is 0 Å². The molecule has 2 N–H and O–H groups in total. The Kier molecular flexibility index (Phi) is 5.79. The average molecular weight is 270 g/mol. The van der Waals surface area contributed by atoms with Crippen molar-refractivity contribution < 1.29 is 19.5 Å². The summed E-state index contributed by atoms with van der Waals surface area (Å²) in [5.74, 6) is -0.778. The van der Waals surface area contributed by atoms with Gasteiger partial charge in [0.2, 0.25) is 5.91 Å². The van der Waals surface area contributed by atoms with Crippen molar-refractivity contribution in [2.45, 2.75) is 52.0 Å². The number of carbonyl (C=O) groups is 3. The number of hydrogen-bond donors (Lipinski definition) is 2. The largest absolute Gasteiger partial charge is 0.481 e. The van der Waals surface area contributed by atoms with Gasteiger partial charge in [-0.15, -0.1) is 0 Å². The van der Waals surface area contributed by atoms with Crippen LogP contribution in [0.25, 0.3) is 0 Å². The zero-order chi connectivity index (χ0) is 14.4. The van der Waals surface area contributed by atoms with Crippen LogP contribution < -0.4 is 5.32 Å². The molecular weight excluding hydrogens is 248 g/mol. The summed E-state index contributed by atoms with van der Waals surface area (Å²) < 4.78 is 0. The molecule has 6 heteroatoms. The van der Waals surface area contributed by atoms with Gasteiger partial charge in [0, 0.05) is 25.4 Å². The molecule has 0 atom stereocenters. The van der Waals surface area contributed by atoms with E-state index >= 15 is 0 Å². The molecule has 0 aromatic heterocycles. The Balaban J connectivity index is 2.33. The van der Waals surface area contributed by atoms with Crippen molar-refractivity contribution in [1.29, 1.82) is 0 Å². The van der Waals surface area contributed by atoms with Gasteiger partial charge in [0.05, 0.1) is 0 Å². The molecule has 0 aliphatic heterocycles. The van der Waals surface area contributed by atoms with E-state index in [1.807, 2.05) is 13.8 Å². The lowest BCUT2D eigenvalue weighted by atomic mass is 10.2. The van der Waals surface area contributed by atoms with E-state index in [1.165, 1.54) is 0 Å². The maximum atomic E-state index is 11.9. The smallest absolute Gasteiger partial charge is 0.324 e. The molecule has 0 saturated heterocycles. The maximum absolute atomic E-state index is 11.9. The zero-order valence-electron chi connectivity index (χ0n) is 11.5. The molecular formula is C13H22N2O4. The van der Waals surface area contributed by atoms with Crippen LogP contribution in [0.1, 0.15) is 46.0 Å². The second-order valence-electron chi connectivity index (χ2n) is 5.29. The molecule has 0 heterocycles. The number of urea groups is 1. The van der Waals surface area contributed by atoms with Crippen molar-refractivity contribution in [3.8, 4) is 0 Å². The summed E-state index contributed by atoms with van der Waals surface area (Å²) in [6.07, 6.45) is 2.54. The quantitative estimate of drug-likeness (QED) is 0.735. The highest BCUT2D eigenvalue weighted by Gasteiger charge is 2.28. The van der Waals surface area contributed by atoms with Gasteiger partial charge in [-0.3, -0.25) is 14.9 Å². The molecule has 3 amide bonds. The summed E-state index contributed by atoms with van der Waals surface area (Å²) in [6.45, 7) is 4.51. The summed E-state index contributed by atoms with van der Waals surface area (Å²) in [6, 6.07) is -0.324. The number of nitrogens with zero attached hydrogens (tertiary/aromatic N) is 1. The molecule has 1 fully saturated rings. The van der Waals surface area contributed by atoms with Crippen LogP contribution in [0.3, 0.4) is 0 Å². The molecule has 19 heavy (non-hydrogen) atoms. The van der Waals surface area contributed by atoms with Crippen LogP contribution in [0, 0.1) is 5.92 Å². The van der Waals surface area contributed by atoms with Gasteiger partial charge in [0.15, 0.2) is 0 Å². The SMILES string of the molecule is CC(C)N(CC1CC1)C(=O)NC(=O)CCCC(=O)O. The van der Waals surface area contributed by atoms with Crippen molar-refractivity contribution >= 4 is 17.9 Å². The van der Waals surface area contributed by atoms with Crippen LogP contribution in [0.2, 0.25) is 0 Å². The molecule has 0 aromatic carbocycles. The van der Waals surface area contributed by atoms with Crippen molar-refractivity contribution in [3.05, 3.63) is 0 Å². The van der Waals surface area contributed by atoms with Crippen molar-refractivity contribution in [3.63, 3.8) is 0 Å². The number of hydrogen-bond acceptors (Lipinski definition) is 3. The Labute approximate surface area is 113 Å². The van der Waals surface area contributed by atoms with Crippen LogP contribution in [0.4, 0.5) is 4.79 Å². The van der Waals surface area contributed by atoms with E-state index in [0.717, 1.165) is 12.8 Å². The molecule has 0 bridgehead atoms. The standard InChI is InChI=1S/C13H22N2O4/c1-9(2)15(8-10-6-7-10)13(19)14-11(16)4-3-5-12(17)18/h9-10H,3-8H2,1-2H3,(H,17,18)(H,14,16,19). The first kappa shape index (κ1) is 15.5. The van der Waals surface area contributed by atoms with Crippen molar-refractivity contribution in [2.75, 3.05) is 6.54 Å². The van der Waals surface area contributed by atoms with E-state index in [1.54, 1.807) is 4.90 Å². The molecule has 1 rings (SSSR count). The predicted molar refractivity (Wildman–Crippen MR) is 69.6 cm³/mol. The number of nitrogens with one attached hydrogen (secondary N) is 1. The molecule has 1 saturated carbocycles. The first-order chi connectivity index (χ1) is 8.90. The Morgan fingerprint density at radius 2 is 1.89 bits per heavy atom. The number of aliphatic carboxylic acids is 1. The Morgan fingerprint density at radius 1 is 1.26 bits per heavy atom. The predicted octanol–water partition coefficient (Wildman–Crippen LogP) is 1.60. The Hall–Kier alpha value is -1.59. The number of rotatable bonds is 7. The molecule has 0 radical (unpaired) electrons. The maximum Gasteiger partial charge on any atom is 0.324 e. The lowest BCUT2D eigenvalue weighted by molar-refractivity contribution is -0.137. The van der Waals surface area contributed by atoms with Crippen LogP contribution in [-0.2, 0) is 9.59 Å². The topological polar surface area (TPSA) is 86.7 Å². The summed E-state index contributed by atoms with van der Waals surface area (Å²) >= 11 is 0. The van der Waals surface area contributed by atoms with E-state index in [9.17, 15) is 14.4 Å². The second kappa shape index (κ2) is 7.11. The van der Waals surface area contributed by atoms with E-state index in [0.29, 0.717) is 12.5 Å². The van der Waals surface area contributed by atoms with Gasteiger partial charge < -0.3 is 10.0 Å². The van der Waals surface area contributed by atoms with Gasteiger partial charge in [-0.05, 0) is 39.0 Å². The number of carbonyl (C=O) groups excluding carboxylic acids is 2. The highest BCUT2D eigenvalue weighted by molar-refractivity contribution is 5.94. The van der Waals surface area contributed by atoms with E-state index < -0.39 is 11.9 Å². The third-order valence-electron chi connectivity index (χ3n) is 3.08. The van der Waals surface area contributed by atoms with Gasteiger partial charge in [0.25, 0.3) is 0 Å². The molecule has 1 aliphatic carbocycles. The Bertz CT molecular complexity index is 351. The summed E-state index contributed by atoms with van der Waals surface area (Å²) in [4.78, 5) is 35.4. The highest BCUT2D eigenvalue weighted by Crippen LogP contribution is 2.30. The zero-order valence-corrected chi connectivity index (χ0v) is 11.5. The lowest BCUT2D eigenvalue weighted by Crippen LogP contribution is -2.47. The van der Waals surface area contributed by atoms with Crippen molar-refractivity contribution in [2.24, 2.45) is 5.92 Å². The molecule has 108 valence electrons. The summed E-state index contributed by atoms with van der Waals surface area (Å²) in [5.41, 5.74) is 0. The van der Waals surface area contributed by atoms with Gasteiger partial charge >= 0.3 is 12.0 Å². The number of amides is 3. The highest BCUT2D eigenvalue weighted by atomic mass is 16.4. The number of carboxylic acids is 1. The van der Waals surface area contributed by atoms with Crippen LogP contribution in [0.15, 0.2) is 0 Å². The first-order valence-electron chi connectivity index (χ1n) is 6.72. The minimum atomic E-state index is -0.934. The number of carboxylic acid groups (broad SMARTS) is 1. The molecule has 0 spiro atoms. The second-order valence-corrected chi connectivity index (χ2v) is 5.29. The third-order valence-corrected chi connectivity index (χ3v) is 3.08. The molecule has 0 aromatic rings. The van der Waals surface area contributed by atoms with Crippen LogP contribution in [-0.4, -0.2) is 40.5 Å². The monoisotopic (exact) mass is 270 g/mol. The molecule has 1 aliphatic rings. The van der Waals surface area contributed by atoms with E-state index in [-0.39, 0.29) is 31.3 Å². The summed E-state index contributed by atoms with van der Waals surface area (Å²) in [5, 5.41) is 10.8. The fraction of sp³-hybridized carbons (Fsp3) is 0.769. The lowest BCUT2D eigenvalue weighted by Gasteiger charge is -2.26. The fourth-order valence-electron chi connectivity index (χ4n) is 1.76. The van der Waals surface area contributed by atoms with Gasteiger partial charge in [0.1, 0.15) is 0 Å². The number of imide groups is 1. The van der Waals surface area contributed by atoms with Crippen LogP contribution >= 0.6 is 0 Å². The van der Waals surface area contributed by atoms with E-state index in [2.05, 4.69) is 5.32 Å². The van der Waals surface area contributed by atoms with E-state index in [4.69, 9.17) is 5.11 Å². The van der Waals surface area contributed by atoms with Crippen LogP contribution in [0.5, 0.6) is 0 Å². The summed E-state index contributed by atoms with van der Waals surface area (Å²) in [7, 11) is 0. The average Bonchev–Trinajstić information content (AvgIpc) is 3.08. The van der Waals surface area contributed by atoms with Crippen molar-refractivity contribution in [1.82, 2.24) is 10.2 Å². The molecule has 6 nitrogen and oxygen atoms in total. The Morgan fingerprint density at radius 3 is 2.37 bits per heavy atom. The molecule has 0 unspecified atom stereocenters.